The van der Waals surface area contributed by atoms with E-state index in [-0.39, 0.29) is 17.9 Å². The van der Waals surface area contributed by atoms with E-state index in [1.807, 2.05) is 55.5 Å². The number of rotatable bonds is 6. The van der Waals surface area contributed by atoms with E-state index in [0.29, 0.717) is 19.7 Å². The summed E-state index contributed by atoms with van der Waals surface area (Å²) in [6, 6.07) is 15.6. The van der Waals surface area contributed by atoms with Crippen LogP contribution in [0.3, 0.4) is 0 Å². The average Bonchev–Trinajstić information content (AvgIpc) is 2.62. The number of hydrogen-bond acceptors (Lipinski definition) is 3. The van der Waals surface area contributed by atoms with E-state index in [4.69, 9.17) is 4.74 Å². The lowest BCUT2D eigenvalue weighted by molar-refractivity contribution is -0.119. The Kier molecular flexibility index (Phi) is 5.56. The minimum atomic E-state index is -0.0810. The van der Waals surface area contributed by atoms with Gasteiger partial charge in [0.25, 0.3) is 5.91 Å². The zero-order valence-electron chi connectivity index (χ0n) is 15.2. The van der Waals surface area contributed by atoms with E-state index >= 15 is 0 Å². The highest BCUT2D eigenvalue weighted by Gasteiger charge is 2.25. The van der Waals surface area contributed by atoms with Crippen LogP contribution < -0.4 is 10.1 Å². The molecule has 5 heteroatoms. The molecule has 0 aromatic heterocycles. The Balaban J connectivity index is 1.64. The minimum Gasteiger partial charge on any atom is -0.489 e. The molecule has 2 amide bonds. The Labute approximate surface area is 154 Å². The lowest BCUT2D eigenvalue weighted by atomic mass is 9.98. The Bertz CT molecular complexity index is 789. The number of carbonyl (C=O) groups is 2. The highest BCUT2D eigenvalue weighted by Crippen LogP contribution is 2.24. The predicted octanol–water partition coefficient (Wildman–Crippen LogP) is 2.79. The number of hydrogen-bond donors (Lipinski definition) is 1. The van der Waals surface area contributed by atoms with Gasteiger partial charge < -0.3 is 15.0 Å². The maximum absolute atomic E-state index is 12.7. The molecule has 0 aliphatic carbocycles. The summed E-state index contributed by atoms with van der Waals surface area (Å²) in [6.07, 6.45) is 0.788. The van der Waals surface area contributed by atoms with Gasteiger partial charge in [-0.1, -0.05) is 30.3 Å². The summed E-state index contributed by atoms with van der Waals surface area (Å²) in [7, 11) is 0. The van der Waals surface area contributed by atoms with Crippen LogP contribution in [0, 0.1) is 0 Å². The zero-order valence-corrected chi connectivity index (χ0v) is 15.2. The molecule has 1 N–H and O–H groups in total. The van der Waals surface area contributed by atoms with Crippen LogP contribution in [0.25, 0.3) is 0 Å². The molecular weight excluding hydrogens is 328 g/mol. The summed E-state index contributed by atoms with van der Waals surface area (Å²) >= 11 is 0. The maximum Gasteiger partial charge on any atom is 0.254 e. The van der Waals surface area contributed by atoms with Crippen LogP contribution in [0.2, 0.25) is 0 Å². The quantitative estimate of drug-likeness (QED) is 0.870. The first-order valence-electron chi connectivity index (χ1n) is 8.89. The van der Waals surface area contributed by atoms with Crippen LogP contribution in [0.1, 0.15) is 35.3 Å². The van der Waals surface area contributed by atoms with Crippen molar-refractivity contribution >= 4 is 11.8 Å². The van der Waals surface area contributed by atoms with Gasteiger partial charge in [-0.05, 0) is 42.7 Å². The molecule has 0 spiro atoms. The summed E-state index contributed by atoms with van der Waals surface area (Å²) in [5.74, 6) is 0.709. The van der Waals surface area contributed by atoms with Crippen LogP contribution in [-0.2, 0) is 17.8 Å². The van der Waals surface area contributed by atoms with E-state index in [9.17, 15) is 9.59 Å². The molecule has 2 aromatic rings. The Morgan fingerprint density at radius 1 is 1.23 bits per heavy atom. The monoisotopic (exact) mass is 352 g/mol. The van der Waals surface area contributed by atoms with Gasteiger partial charge in [0.15, 0.2) is 0 Å². The summed E-state index contributed by atoms with van der Waals surface area (Å²) in [6.45, 7) is 5.07. The Morgan fingerprint density at radius 3 is 2.73 bits per heavy atom. The standard InChI is InChI=1S/C21H24N2O3/c1-15(22-16(2)24)13-23-11-10-18-12-19(8-9-20(18)21(23)25)26-14-17-6-4-3-5-7-17/h3-9,12,15H,10-11,13-14H2,1-2H3,(H,22,24). The largest absolute Gasteiger partial charge is 0.489 e. The molecule has 1 unspecified atom stereocenters. The van der Waals surface area contributed by atoms with Crippen molar-refractivity contribution in [2.24, 2.45) is 0 Å². The van der Waals surface area contributed by atoms with Gasteiger partial charge in [0, 0.05) is 31.6 Å². The number of fused-ring (bicyclic) bond motifs is 1. The molecule has 1 atom stereocenters. The van der Waals surface area contributed by atoms with Gasteiger partial charge >= 0.3 is 0 Å². The third kappa shape index (κ3) is 4.42. The van der Waals surface area contributed by atoms with Gasteiger partial charge in [-0.2, -0.15) is 0 Å². The van der Waals surface area contributed by atoms with Gasteiger partial charge in [-0.15, -0.1) is 0 Å². The number of benzene rings is 2. The number of amides is 2. The summed E-state index contributed by atoms with van der Waals surface area (Å²) in [5.41, 5.74) is 2.85. The molecule has 0 saturated heterocycles. The second kappa shape index (κ2) is 8.04. The fourth-order valence-electron chi connectivity index (χ4n) is 3.24. The lowest BCUT2D eigenvalue weighted by Gasteiger charge is -2.31. The molecule has 1 aliphatic rings. The molecule has 1 aliphatic heterocycles. The smallest absolute Gasteiger partial charge is 0.254 e. The molecule has 5 nitrogen and oxygen atoms in total. The minimum absolute atomic E-state index is 0.0121. The average molecular weight is 352 g/mol. The van der Waals surface area contributed by atoms with Crippen LogP contribution in [0.15, 0.2) is 48.5 Å². The van der Waals surface area contributed by atoms with Crippen molar-refractivity contribution in [2.75, 3.05) is 13.1 Å². The fourth-order valence-corrected chi connectivity index (χ4v) is 3.24. The number of nitrogens with one attached hydrogen (secondary N) is 1. The highest BCUT2D eigenvalue weighted by atomic mass is 16.5. The molecule has 26 heavy (non-hydrogen) atoms. The van der Waals surface area contributed by atoms with E-state index < -0.39 is 0 Å². The molecule has 1 heterocycles. The molecule has 0 fully saturated rings. The summed E-state index contributed by atoms with van der Waals surface area (Å²) in [4.78, 5) is 25.6. The van der Waals surface area contributed by atoms with E-state index in [1.165, 1.54) is 6.92 Å². The molecule has 2 aromatic carbocycles. The van der Waals surface area contributed by atoms with Crippen LogP contribution in [0.5, 0.6) is 5.75 Å². The first-order valence-corrected chi connectivity index (χ1v) is 8.89. The highest BCUT2D eigenvalue weighted by molar-refractivity contribution is 5.97. The summed E-state index contributed by atoms with van der Waals surface area (Å²) < 4.78 is 5.86. The fraction of sp³-hybridized carbons (Fsp3) is 0.333. The third-order valence-electron chi connectivity index (χ3n) is 4.44. The van der Waals surface area contributed by atoms with Gasteiger partial charge in [-0.25, -0.2) is 0 Å². The number of carbonyl (C=O) groups excluding carboxylic acids is 2. The topological polar surface area (TPSA) is 58.6 Å². The second-order valence-electron chi connectivity index (χ2n) is 6.70. The van der Waals surface area contributed by atoms with Gasteiger partial charge in [0.2, 0.25) is 5.91 Å². The maximum atomic E-state index is 12.7. The van der Waals surface area contributed by atoms with E-state index in [1.54, 1.807) is 4.90 Å². The van der Waals surface area contributed by atoms with Crippen molar-refractivity contribution in [2.45, 2.75) is 32.9 Å². The van der Waals surface area contributed by atoms with Gasteiger partial charge in [0.05, 0.1) is 0 Å². The van der Waals surface area contributed by atoms with Crippen molar-refractivity contribution in [3.8, 4) is 5.75 Å². The van der Waals surface area contributed by atoms with Crippen molar-refractivity contribution < 1.29 is 14.3 Å². The number of ether oxygens (including phenoxy) is 1. The van der Waals surface area contributed by atoms with E-state index in [0.717, 1.165) is 28.9 Å². The van der Waals surface area contributed by atoms with Crippen molar-refractivity contribution in [1.82, 2.24) is 10.2 Å². The Hall–Kier alpha value is -2.82. The Morgan fingerprint density at radius 2 is 2.00 bits per heavy atom. The summed E-state index contributed by atoms with van der Waals surface area (Å²) in [5, 5.41) is 2.82. The van der Waals surface area contributed by atoms with E-state index in [2.05, 4.69) is 5.32 Å². The molecule has 0 radical (unpaired) electrons. The van der Waals surface area contributed by atoms with Crippen molar-refractivity contribution in [1.29, 1.82) is 0 Å². The SMILES string of the molecule is CC(=O)NC(C)CN1CCc2cc(OCc3ccccc3)ccc2C1=O. The molecular formula is C21H24N2O3. The molecule has 0 bridgehead atoms. The third-order valence-corrected chi connectivity index (χ3v) is 4.44. The van der Waals surface area contributed by atoms with Crippen LogP contribution >= 0.6 is 0 Å². The molecule has 136 valence electrons. The van der Waals surface area contributed by atoms with Crippen LogP contribution in [0.4, 0.5) is 0 Å². The molecule has 0 saturated carbocycles. The number of nitrogens with zero attached hydrogens (tertiary/aromatic N) is 1. The second-order valence-corrected chi connectivity index (χ2v) is 6.70. The van der Waals surface area contributed by atoms with Crippen LogP contribution in [-0.4, -0.2) is 35.8 Å². The normalized spacial score (nSPS) is 14.5. The lowest BCUT2D eigenvalue weighted by Crippen LogP contribution is -2.46. The predicted molar refractivity (Wildman–Crippen MR) is 100 cm³/mol. The van der Waals surface area contributed by atoms with Gasteiger partial charge in [0.1, 0.15) is 12.4 Å². The van der Waals surface area contributed by atoms with Gasteiger partial charge in [-0.3, -0.25) is 9.59 Å². The first kappa shape index (κ1) is 18.0. The zero-order chi connectivity index (χ0) is 18.5. The van der Waals surface area contributed by atoms with Crippen molar-refractivity contribution in [3.05, 3.63) is 65.2 Å². The van der Waals surface area contributed by atoms with Crippen molar-refractivity contribution in [3.63, 3.8) is 0 Å². The molecule has 3 rings (SSSR count). The first-order chi connectivity index (χ1) is 12.5.